The summed E-state index contributed by atoms with van der Waals surface area (Å²) in [5.41, 5.74) is 0.0556. The van der Waals surface area contributed by atoms with Crippen LogP contribution in [0.15, 0.2) is 18.2 Å². The lowest BCUT2D eigenvalue weighted by molar-refractivity contribution is -0.384. The van der Waals surface area contributed by atoms with Crippen LogP contribution in [0.3, 0.4) is 0 Å². The van der Waals surface area contributed by atoms with E-state index in [-0.39, 0.29) is 23.4 Å². The van der Waals surface area contributed by atoms with Gasteiger partial charge in [0.05, 0.1) is 22.2 Å². The Kier molecular flexibility index (Phi) is 4.40. The number of nitrogens with zero attached hydrogens (tertiary/aromatic N) is 3. The highest BCUT2D eigenvalue weighted by atomic mass is 16.6. The number of nitro benzene ring substituents is 1. The van der Waals surface area contributed by atoms with Crippen molar-refractivity contribution in [3.05, 3.63) is 33.9 Å². The van der Waals surface area contributed by atoms with Gasteiger partial charge in [-0.2, -0.15) is 5.26 Å². The fraction of sp³-hybridized carbons (Fsp3) is 0.467. The second-order valence-electron chi connectivity index (χ2n) is 6.33. The van der Waals surface area contributed by atoms with Gasteiger partial charge < -0.3 is 15.0 Å². The average molecular weight is 318 g/mol. The predicted octanol–water partition coefficient (Wildman–Crippen LogP) is 2.50. The first-order valence-electron chi connectivity index (χ1n) is 7.12. The van der Waals surface area contributed by atoms with Crippen LogP contribution < -0.4 is 5.32 Å². The highest BCUT2D eigenvalue weighted by Crippen LogP contribution is 2.24. The number of non-ortho nitro benzene ring substituents is 1. The molecule has 1 aromatic carbocycles. The van der Waals surface area contributed by atoms with Crippen LogP contribution in [0.4, 0.5) is 16.2 Å². The molecular formula is C15H18N4O4. The van der Waals surface area contributed by atoms with Gasteiger partial charge in [0.2, 0.25) is 0 Å². The van der Waals surface area contributed by atoms with E-state index in [1.165, 1.54) is 18.2 Å². The van der Waals surface area contributed by atoms with Gasteiger partial charge in [0.1, 0.15) is 11.7 Å². The molecule has 1 N–H and O–H groups in total. The molecular weight excluding hydrogens is 300 g/mol. The summed E-state index contributed by atoms with van der Waals surface area (Å²) in [4.78, 5) is 23.6. The third-order valence-electron chi connectivity index (χ3n) is 3.23. The van der Waals surface area contributed by atoms with Crippen LogP contribution in [0.25, 0.3) is 0 Å². The standard InChI is InChI=1S/C15H18N4O4/c1-15(2,3)23-14(20)18-8-11(9-18)17-13-5-4-12(19(21)22)6-10(13)7-16/h4-6,11,17H,8-9H2,1-3H3. The summed E-state index contributed by atoms with van der Waals surface area (Å²) in [5, 5.41) is 22.9. The zero-order chi connectivity index (χ0) is 17.2. The van der Waals surface area contributed by atoms with E-state index >= 15 is 0 Å². The quantitative estimate of drug-likeness (QED) is 0.677. The van der Waals surface area contributed by atoms with Crippen molar-refractivity contribution >= 4 is 17.5 Å². The summed E-state index contributed by atoms with van der Waals surface area (Å²) in [7, 11) is 0. The second kappa shape index (κ2) is 6.12. The van der Waals surface area contributed by atoms with E-state index < -0.39 is 10.5 Å². The number of hydrogen-bond acceptors (Lipinski definition) is 6. The Hall–Kier alpha value is -2.82. The Morgan fingerprint density at radius 2 is 2.13 bits per heavy atom. The molecule has 1 aliphatic heterocycles. The molecule has 0 bridgehead atoms. The van der Waals surface area contributed by atoms with Gasteiger partial charge in [-0.05, 0) is 26.8 Å². The van der Waals surface area contributed by atoms with Gasteiger partial charge in [0.25, 0.3) is 5.69 Å². The van der Waals surface area contributed by atoms with Gasteiger partial charge in [-0.15, -0.1) is 0 Å². The maximum atomic E-state index is 11.8. The molecule has 0 aromatic heterocycles. The van der Waals surface area contributed by atoms with Crippen molar-refractivity contribution in [3.63, 3.8) is 0 Å². The van der Waals surface area contributed by atoms with Crippen molar-refractivity contribution in [1.82, 2.24) is 4.90 Å². The van der Waals surface area contributed by atoms with E-state index in [0.717, 1.165) is 0 Å². The lowest BCUT2D eigenvalue weighted by atomic mass is 10.1. The Balaban J connectivity index is 1.95. The SMILES string of the molecule is CC(C)(C)OC(=O)N1CC(Nc2ccc([N+](=O)[O-])cc2C#N)C1. The molecule has 0 saturated carbocycles. The first-order valence-corrected chi connectivity index (χ1v) is 7.12. The summed E-state index contributed by atoms with van der Waals surface area (Å²) in [5.74, 6) is 0. The first kappa shape index (κ1) is 16.5. The maximum Gasteiger partial charge on any atom is 0.410 e. The van der Waals surface area contributed by atoms with E-state index in [1.807, 2.05) is 6.07 Å². The smallest absolute Gasteiger partial charge is 0.410 e. The summed E-state index contributed by atoms with van der Waals surface area (Å²) in [6.07, 6.45) is -0.375. The lowest BCUT2D eigenvalue weighted by Crippen LogP contribution is -2.58. The van der Waals surface area contributed by atoms with Crippen LogP contribution in [-0.2, 0) is 4.74 Å². The molecule has 1 saturated heterocycles. The highest BCUT2D eigenvalue weighted by Gasteiger charge is 2.34. The number of amides is 1. The number of nitro groups is 1. The molecule has 1 aliphatic rings. The van der Waals surface area contributed by atoms with Gasteiger partial charge in [-0.3, -0.25) is 10.1 Å². The molecule has 1 amide bonds. The van der Waals surface area contributed by atoms with Gasteiger partial charge in [-0.25, -0.2) is 4.79 Å². The fourth-order valence-electron chi connectivity index (χ4n) is 2.13. The van der Waals surface area contributed by atoms with Crippen molar-refractivity contribution in [3.8, 4) is 6.07 Å². The number of benzene rings is 1. The Morgan fingerprint density at radius 1 is 1.48 bits per heavy atom. The van der Waals surface area contributed by atoms with Crippen molar-refractivity contribution < 1.29 is 14.5 Å². The zero-order valence-corrected chi connectivity index (χ0v) is 13.2. The monoisotopic (exact) mass is 318 g/mol. The van der Waals surface area contributed by atoms with Crippen LogP contribution >= 0.6 is 0 Å². The minimum Gasteiger partial charge on any atom is -0.444 e. The number of carbonyl (C=O) groups excluding carboxylic acids is 1. The van der Waals surface area contributed by atoms with E-state index in [2.05, 4.69) is 5.32 Å². The molecule has 0 unspecified atom stereocenters. The topological polar surface area (TPSA) is 108 Å². The molecule has 0 radical (unpaired) electrons. The molecule has 1 heterocycles. The summed E-state index contributed by atoms with van der Waals surface area (Å²) in [6, 6.07) is 6.00. The second-order valence-corrected chi connectivity index (χ2v) is 6.33. The predicted molar refractivity (Wildman–Crippen MR) is 83.0 cm³/mol. The van der Waals surface area contributed by atoms with Crippen LogP contribution in [0, 0.1) is 21.4 Å². The number of hydrogen-bond donors (Lipinski definition) is 1. The number of nitrogens with one attached hydrogen (secondary N) is 1. The van der Waals surface area contributed by atoms with Crippen molar-refractivity contribution in [2.45, 2.75) is 32.4 Å². The van der Waals surface area contributed by atoms with Gasteiger partial charge in [0, 0.05) is 25.2 Å². The summed E-state index contributed by atoms with van der Waals surface area (Å²) in [6.45, 7) is 6.32. The van der Waals surface area contributed by atoms with Gasteiger partial charge in [-0.1, -0.05) is 0 Å². The van der Waals surface area contributed by atoms with Crippen LogP contribution in [0.5, 0.6) is 0 Å². The lowest BCUT2D eigenvalue weighted by Gasteiger charge is -2.40. The number of nitriles is 1. The van der Waals surface area contributed by atoms with Crippen molar-refractivity contribution in [2.75, 3.05) is 18.4 Å². The molecule has 0 atom stereocenters. The van der Waals surface area contributed by atoms with Gasteiger partial charge >= 0.3 is 6.09 Å². The molecule has 23 heavy (non-hydrogen) atoms. The molecule has 122 valence electrons. The summed E-state index contributed by atoms with van der Waals surface area (Å²) >= 11 is 0. The molecule has 2 rings (SSSR count). The molecule has 1 fully saturated rings. The Labute approximate surface area is 133 Å². The largest absolute Gasteiger partial charge is 0.444 e. The molecule has 8 heteroatoms. The first-order chi connectivity index (χ1) is 10.7. The third kappa shape index (κ3) is 4.10. The molecule has 0 spiro atoms. The van der Waals surface area contributed by atoms with Crippen LogP contribution in [-0.4, -0.2) is 40.6 Å². The Morgan fingerprint density at radius 3 is 2.65 bits per heavy atom. The molecule has 1 aromatic rings. The highest BCUT2D eigenvalue weighted by molar-refractivity contribution is 5.70. The van der Waals surface area contributed by atoms with Crippen molar-refractivity contribution in [1.29, 1.82) is 5.26 Å². The normalized spacial score (nSPS) is 14.6. The van der Waals surface area contributed by atoms with Crippen LogP contribution in [0.2, 0.25) is 0 Å². The maximum absolute atomic E-state index is 11.8. The number of anilines is 1. The number of likely N-dealkylation sites (tertiary alicyclic amines) is 1. The third-order valence-corrected chi connectivity index (χ3v) is 3.23. The summed E-state index contributed by atoms with van der Waals surface area (Å²) < 4.78 is 5.26. The minimum absolute atomic E-state index is 0.0175. The number of rotatable bonds is 3. The van der Waals surface area contributed by atoms with Gasteiger partial charge in [0.15, 0.2) is 0 Å². The number of ether oxygens (including phenoxy) is 1. The molecule has 0 aliphatic carbocycles. The van der Waals surface area contributed by atoms with E-state index in [4.69, 9.17) is 10.00 Å². The number of carbonyl (C=O) groups is 1. The van der Waals surface area contributed by atoms with Crippen molar-refractivity contribution in [2.24, 2.45) is 0 Å². The van der Waals surface area contributed by atoms with Crippen LogP contribution in [0.1, 0.15) is 26.3 Å². The van der Waals surface area contributed by atoms with E-state index in [0.29, 0.717) is 18.8 Å². The minimum atomic E-state index is -0.543. The zero-order valence-electron chi connectivity index (χ0n) is 13.2. The van der Waals surface area contributed by atoms with E-state index in [1.54, 1.807) is 25.7 Å². The Bertz CT molecular complexity index is 669. The molecule has 8 nitrogen and oxygen atoms in total. The average Bonchev–Trinajstić information content (AvgIpc) is 2.39. The van der Waals surface area contributed by atoms with E-state index in [9.17, 15) is 14.9 Å². The fourth-order valence-corrected chi connectivity index (χ4v) is 2.13.